The van der Waals surface area contributed by atoms with E-state index in [1.165, 1.54) is 17.0 Å². The predicted octanol–water partition coefficient (Wildman–Crippen LogP) is 4.05. The molecule has 9 heteroatoms. The minimum absolute atomic E-state index is 0.138. The molecule has 2 aromatic carbocycles. The fourth-order valence-electron chi connectivity index (χ4n) is 1.69. The van der Waals surface area contributed by atoms with Crippen LogP contribution in [0.4, 0.5) is 14.9 Å². The van der Waals surface area contributed by atoms with Crippen LogP contribution in [0.15, 0.2) is 52.3 Å². The number of anilines is 1. The summed E-state index contributed by atoms with van der Waals surface area (Å²) in [6, 6.07) is 9.35. The van der Waals surface area contributed by atoms with Crippen molar-refractivity contribution in [3.63, 3.8) is 0 Å². The Balaban J connectivity index is 2.17. The highest BCUT2D eigenvalue weighted by Crippen LogP contribution is 2.26. The smallest absolute Gasteiger partial charge is 0.285 e. The topological polar surface area (TPSA) is 66.5 Å². The van der Waals surface area contributed by atoms with Crippen molar-refractivity contribution in [2.75, 3.05) is 18.8 Å². The van der Waals surface area contributed by atoms with E-state index in [-0.39, 0.29) is 15.2 Å². The van der Waals surface area contributed by atoms with Crippen LogP contribution in [0.25, 0.3) is 0 Å². The number of halogens is 2. The van der Waals surface area contributed by atoms with Gasteiger partial charge in [0.1, 0.15) is 10.7 Å². The van der Waals surface area contributed by atoms with Crippen LogP contribution >= 0.6 is 23.4 Å². The molecule has 24 heavy (non-hydrogen) atoms. The Labute approximate surface area is 148 Å². The lowest BCUT2D eigenvalue weighted by Crippen LogP contribution is -2.16. The first kappa shape index (κ1) is 18.6. The molecule has 2 rings (SSSR count). The van der Waals surface area contributed by atoms with Gasteiger partial charge in [-0.15, -0.1) is 0 Å². The van der Waals surface area contributed by atoms with E-state index in [0.29, 0.717) is 10.6 Å². The first-order valence-corrected chi connectivity index (χ1v) is 9.34. The quantitative estimate of drug-likeness (QED) is 0.802. The van der Waals surface area contributed by atoms with Crippen molar-refractivity contribution in [3.05, 3.63) is 53.3 Å². The van der Waals surface area contributed by atoms with Gasteiger partial charge in [-0.05, 0) is 54.2 Å². The molecule has 0 aromatic heterocycles. The van der Waals surface area contributed by atoms with E-state index in [1.54, 1.807) is 26.2 Å². The van der Waals surface area contributed by atoms with Crippen molar-refractivity contribution >= 4 is 44.3 Å². The van der Waals surface area contributed by atoms with E-state index in [4.69, 9.17) is 11.6 Å². The van der Waals surface area contributed by atoms with Crippen LogP contribution in [0, 0.1) is 5.82 Å². The minimum atomic E-state index is -3.94. The van der Waals surface area contributed by atoms with Crippen molar-refractivity contribution in [1.29, 1.82) is 0 Å². The average Bonchev–Trinajstić information content (AvgIpc) is 2.48. The van der Waals surface area contributed by atoms with Crippen molar-refractivity contribution in [2.24, 2.45) is 0 Å². The number of carbonyl (C=O) groups is 1. The summed E-state index contributed by atoms with van der Waals surface area (Å²) in [5, 5.41) is -0.340. The van der Waals surface area contributed by atoms with Crippen LogP contribution in [0.2, 0.25) is 5.02 Å². The van der Waals surface area contributed by atoms with Crippen LogP contribution in [0.1, 0.15) is 0 Å². The number of nitrogens with zero attached hydrogens (tertiary/aromatic N) is 1. The van der Waals surface area contributed by atoms with Gasteiger partial charge in [-0.25, -0.2) is 12.8 Å². The van der Waals surface area contributed by atoms with Gasteiger partial charge in [-0.1, -0.05) is 11.6 Å². The summed E-state index contributed by atoms with van der Waals surface area (Å²) < 4.78 is 40.0. The lowest BCUT2D eigenvalue weighted by atomic mass is 10.3. The first-order chi connectivity index (χ1) is 11.2. The Bertz CT molecular complexity index is 856. The fourth-order valence-corrected chi connectivity index (χ4v) is 3.93. The van der Waals surface area contributed by atoms with E-state index in [2.05, 4.69) is 4.72 Å². The summed E-state index contributed by atoms with van der Waals surface area (Å²) in [5.74, 6) is -0.620. The molecule has 0 atom stereocenters. The second-order valence-corrected chi connectivity index (χ2v) is 8.05. The summed E-state index contributed by atoms with van der Waals surface area (Å²) >= 11 is 6.81. The van der Waals surface area contributed by atoms with Crippen LogP contribution in [-0.4, -0.2) is 32.7 Å². The zero-order valence-corrected chi connectivity index (χ0v) is 15.2. The third kappa shape index (κ3) is 4.62. The second kappa shape index (κ2) is 7.42. The van der Waals surface area contributed by atoms with Crippen LogP contribution in [0.3, 0.4) is 0 Å². The minimum Gasteiger partial charge on any atom is -0.339 e. The van der Waals surface area contributed by atoms with Crippen molar-refractivity contribution in [1.82, 2.24) is 4.90 Å². The maximum atomic E-state index is 13.0. The molecule has 0 aliphatic rings. The average molecular weight is 389 g/mol. The summed E-state index contributed by atoms with van der Waals surface area (Å²) in [5.41, 5.74) is 0.303. The maximum Gasteiger partial charge on any atom is 0.285 e. The van der Waals surface area contributed by atoms with Gasteiger partial charge in [-0.2, -0.15) is 0 Å². The molecule has 1 N–H and O–H groups in total. The highest BCUT2D eigenvalue weighted by molar-refractivity contribution is 8.13. The molecule has 0 radical (unpaired) electrons. The summed E-state index contributed by atoms with van der Waals surface area (Å²) in [6.07, 6.45) is 0. The fraction of sp³-hybridized carbons (Fsp3) is 0.133. The molecule has 0 aliphatic carbocycles. The maximum absolute atomic E-state index is 13.0. The number of hydrogen-bond acceptors (Lipinski definition) is 4. The standard InChI is InChI=1S/C15H14ClFN2O3S2/c1-19(2)15(20)23-12-6-4-11(5-7-12)18-24(21,22)14-8-3-10(17)9-13(14)16/h3-9,18H,1-2H3. The number of carbonyl (C=O) groups excluding carboxylic acids is 1. The number of sulfonamides is 1. The van der Waals surface area contributed by atoms with Gasteiger partial charge < -0.3 is 4.90 Å². The SMILES string of the molecule is CN(C)C(=O)Sc1ccc(NS(=O)(=O)c2ccc(F)cc2Cl)cc1. The van der Waals surface area contributed by atoms with E-state index >= 15 is 0 Å². The Hall–Kier alpha value is -1.77. The lowest BCUT2D eigenvalue weighted by Gasteiger charge is -2.11. The van der Waals surface area contributed by atoms with E-state index < -0.39 is 15.8 Å². The molecule has 0 spiro atoms. The van der Waals surface area contributed by atoms with E-state index in [9.17, 15) is 17.6 Å². The van der Waals surface area contributed by atoms with Crippen molar-refractivity contribution in [2.45, 2.75) is 9.79 Å². The number of nitrogens with one attached hydrogen (secondary N) is 1. The van der Waals surface area contributed by atoms with Crippen LogP contribution in [-0.2, 0) is 10.0 Å². The molecule has 0 saturated carbocycles. The lowest BCUT2D eigenvalue weighted by molar-refractivity contribution is 0.241. The van der Waals surface area contributed by atoms with Gasteiger partial charge in [-0.3, -0.25) is 9.52 Å². The highest BCUT2D eigenvalue weighted by Gasteiger charge is 2.18. The van der Waals surface area contributed by atoms with Gasteiger partial charge in [0.05, 0.1) is 5.02 Å². The normalized spacial score (nSPS) is 11.2. The second-order valence-electron chi connectivity index (χ2n) is 4.97. The highest BCUT2D eigenvalue weighted by atomic mass is 35.5. The summed E-state index contributed by atoms with van der Waals surface area (Å²) in [7, 11) is -0.654. The molecule has 0 unspecified atom stereocenters. The zero-order chi connectivity index (χ0) is 17.9. The van der Waals surface area contributed by atoms with Gasteiger partial charge in [0.25, 0.3) is 15.3 Å². The Morgan fingerprint density at radius 2 is 1.79 bits per heavy atom. The Kier molecular flexibility index (Phi) is 5.74. The molecule has 1 amide bonds. The summed E-state index contributed by atoms with van der Waals surface area (Å²) in [4.78, 5) is 13.5. The van der Waals surface area contributed by atoms with Gasteiger partial charge in [0.15, 0.2) is 0 Å². The number of thioether (sulfide) groups is 1. The monoisotopic (exact) mass is 388 g/mol. The third-order valence-electron chi connectivity index (χ3n) is 2.86. The van der Waals surface area contributed by atoms with Crippen LogP contribution in [0.5, 0.6) is 0 Å². The molecular formula is C15H14ClFN2O3S2. The molecule has 0 bridgehead atoms. The number of rotatable bonds is 4. The van der Waals surface area contributed by atoms with Gasteiger partial charge in [0, 0.05) is 24.7 Å². The number of hydrogen-bond donors (Lipinski definition) is 1. The molecule has 0 heterocycles. The number of benzene rings is 2. The number of amides is 1. The first-order valence-electron chi connectivity index (χ1n) is 6.66. The largest absolute Gasteiger partial charge is 0.339 e. The van der Waals surface area contributed by atoms with E-state index in [1.807, 2.05) is 0 Å². The van der Waals surface area contributed by atoms with Crippen molar-refractivity contribution < 1.29 is 17.6 Å². The molecule has 0 saturated heterocycles. The Morgan fingerprint density at radius 1 is 1.17 bits per heavy atom. The molecule has 0 aliphatic heterocycles. The Morgan fingerprint density at radius 3 is 2.33 bits per heavy atom. The van der Waals surface area contributed by atoms with E-state index in [0.717, 1.165) is 30.0 Å². The molecular weight excluding hydrogens is 375 g/mol. The molecule has 2 aromatic rings. The predicted molar refractivity (Wildman–Crippen MR) is 93.6 cm³/mol. The van der Waals surface area contributed by atoms with Gasteiger partial charge in [0.2, 0.25) is 0 Å². The van der Waals surface area contributed by atoms with Crippen molar-refractivity contribution in [3.8, 4) is 0 Å². The molecule has 5 nitrogen and oxygen atoms in total. The summed E-state index contributed by atoms with van der Waals surface area (Å²) in [6.45, 7) is 0. The zero-order valence-electron chi connectivity index (χ0n) is 12.8. The molecule has 0 fully saturated rings. The van der Waals surface area contributed by atoms with Gasteiger partial charge >= 0.3 is 0 Å². The third-order valence-corrected chi connectivity index (χ3v) is 5.77. The molecule has 128 valence electrons. The van der Waals surface area contributed by atoms with Crippen LogP contribution < -0.4 is 4.72 Å².